The number of allylic oxidation sites excluding steroid dienone is 2. The molecule has 0 radical (unpaired) electrons. The Bertz CT molecular complexity index is 588. The highest BCUT2D eigenvalue weighted by molar-refractivity contribution is 5.38. The number of likely N-dealkylation sites (tertiary alicyclic amines) is 1. The van der Waals surface area contributed by atoms with Crippen molar-refractivity contribution in [2.45, 2.75) is 45.4 Å². The third-order valence-corrected chi connectivity index (χ3v) is 4.59. The van der Waals surface area contributed by atoms with Crippen molar-refractivity contribution in [1.82, 2.24) is 4.90 Å². The topological polar surface area (TPSA) is 12.5 Å². The zero-order chi connectivity index (χ0) is 17.7. The van der Waals surface area contributed by atoms with Crippen LogP contribution in [0.5, 0.6) is 5.75 Å². The van der Waals surface area contributed by atoms with Crippen LogP contribution in [0.1, 0.15) is 45.6 Å². The van der Waals surface area contributed by atoms with E-state index in [4.69, 9.17) is 4.74 Å². The maximum Gasteiger partial charge on any atom is 0.123 e. The molecule has 1 aliphatic rings. The largest absolute Gasteiger partial charge is 0.493 e. The van der Waals surface area contributed by atoms with E-state index in [-0.39, 0.29) is 11.2 Å². The highest BCUT2D eigenvalue weighted by Gasteiger charge is 2.25. The molecule has 0 aromatic heterocycles. The summed E-state index contributed by atoms with van der Waals surface area (Å²) < 4.78 is 19.7. The number of rotatable bonds is 7. The molecule has 1 fully saturated rings. The van der Waals surface area contributed by atoms with Gasteiger partial charge in [-0.25, -0.2) is 4.39 Å². The molecule has 0 spiro atoms. The Labute approximate surface area is 146 Å². The molecule has 0 amide bonds. The summed E-state index contributed by atoms with van der Waals surface area (Å²) in [5.41, 5.74) is 1.97. The highest BCUT2D eigenvalue weighted by Crippen LogP contribution is 2.33. The molecule has 1 atom stereocenters. The molecule has 1 saturated heterocycles. The quantitative estimate of drug-likeness (QED) is 0.628. The van der Waals surface area contributed by atoms with Crippen molar-refractivity contribution in [1.29, 1.82) is 0 Å². The summed E-state index contributed by atoms with van der Waals surface area (Å²) in [6.45, 7) is 16.9. The van der Waals surface area contributed by atoms with Gasteiger partial charge in [0.1, 0.15) is 11.6 Å². The molecule has 132 valence electrons. The minimum atomic E-state index is -0.210. The third-order valence-electron chi connectivity index (χ3n) is 4.59. The lowest BCUT2D eigenvalue weighted by atomic mass is 9.86. The van der Waals surface area contributed by atoms with E-state index < -0.39 is 0 Å². The van der Waals surface area contributed by atoms with Crippen LogP contribution < -0.4 is 4.74 Å². The van der Waals surface area contributed by atoms with Gasteiger partial charge in [0.2, 0.25) is 0 Å². The number of hydrogen-bond acceptors (Lipinski definition) is 2. The van der Waals surface area contributed by atoms with Crippen LogP contribution in [0, 0.1) is 11.7 Å². The molecular weight excluding hydrogens is 301 g/mol. The summed E-state index contributed by atoms with van der Waals surface area (Å²) in [7, 11) is 0. The summed E-state index contributed by atoms with van der Waals surface area (Å²) in [4.78, 5) is 2.35. The first kappa shape index (κ1) is 18.6. The minimum absolute atomic E-state index is 0.141. The Kier molecular flexibility index (Phi) is 6.09. The molecule has 3 heteroatoms. The third kappa shape index (κ3) is 4.86. The van der Waals surface area contributed by atoms with Gasteiger partial charge in [0, 0.05) is 30.3 Å². The smallest absolute Gasteiger partial charge is 0.123 e. The van der Waals surface area contributed by atoms with Gasteiger partial charge in [-0.2, -0.15) is 0 Å². The highest BCUT2D eigenvalue weighted by atomic mass is 19.1. The number of halogens is 1. The molecular formula is C21H30FNO. The second-order valence-electron chi connectivity index (χ2n) is 7.70. The van der Waals surface area contributed by atoms with Crippen molar-refractivity contribution in [3.8, 4) is 5.75 Å². The summed E-state index contributed by atoms with van der Waals surface area (Å²) >= 11 is 0. The SMILES string of the molecule is C=CCCC(=C)N1CCC(COc2ccc(F)cc2C(C)(C)C)C1. The lowest BCUT2D eigenvalue weighted by Crippen LogP contribution is -2.22. The fourth-order valence-corrected chi connectivity index (χ4v) is 3.10. The molecule has 0 saturated carbocycles. The van der Waals surface area contributed by atoms with E-state index in [0.29, 0.717) is 12.5 Å². The summed E-state index contributed by atoms with van der Waals surface area (Å²) in [5, 5.41) is 0. The second kappa shape index (κ2) is 7.87. The molecule has 1 aliphatic heterocycles. The van der Waals surface area contributed by atoms with Crippen molar-refractivity contribution >= 4 is 0 Å². The van der Waals surface area contributed by atoms with Gasteiger partial charge in [-0.1, -0.05) is 33.4 Å². The maximum absolute atomic E-state index is 13.6. The summed E-state index contributed by atoms with van der Waals surface area (Å²) in [5.74, 6) is 1.08. The predicted octanol–water partition coefficient (Wildman–Crippen LogP) is 5.30. The lowest BCUT2D eigenvalue weighted by Gasteiger charge is -2.24. The second-order valence-corrected chi connectivity index (χ2v) is 7.70. The normalized spacial score (nSPS) is 17.8. The summed E-state index contributed by atoms with van der Waals surface area (Å²) in [6, 6.07) is 4.82. The van der Waals surface area contributed by atoms with Crippen LogP contribution in [0.4, 0.5) is 4.39 Å². The molecule has 1 aromatic carbocycles. The van der Waals surface area contributed by atoms with E-state index in [1.54, 1.807) is 12.1 Å². The van der Waals surface area contributed by atoms with Crippen LogP contribution in [-0.4, -0.2) is 24.6 Å². The van der Waals surface area contributed by atoms with Gasteiger partial charge in [0.25, 0.3) is 0 Å². The van der Waals surface area contributed by atoms with Crippen LogP contribution in [0.3, 0.4) is 0 Å². The standard InChI is InChI=1S/C21H30FNO/c1-6-7-8-16(2)23-12-11-17(14-23)15-24-20-10-9-18(22)13-19(20)21(3,4)5/h6,9-10,13,17H,1-2,7-8,11-12,14-15H2,3-5H3. The first-order chi connectivity index (χ1) is 11.3. The van der Waals surface area contributed by atoms with Gasteiger partial charge in [0.05, 0.1) is 6.61 Å². The van der Waals surface area contributed by atoms with Crippen LogP contribution in [-0.2, 0) is 5.41 Å². The van der Waals surface area contributed by atoms with Crippen LogP contribution >= 0.6 is 0 Å². The zero-order valence-corrected chi connectivity index (χ0v) is 15.3. The van der Waals surface area contributed by atoms with Gasteiger partial charge in [0.15, 0.2) is 0 Å². The van der Waals surface area contributed by atoms with Crippen LogP contribution in [0.2, 0.25) is 0 Å². The van der Waals surface area contributed by atoms with Crippen LogP contribution in [0.15, 0.2) is 43.1 Å². The van der Waals surface area contributed by atoms with Crippen molar-refractivity contribution in [2.75, 3.05) is 19.7 Å². The molecule has 0 N–H and O–H groups in total. The Morgan fingerprint density at radius 1 is 1.42 bits per heavy atom. The van der Waals surface area contributed by atoms with Crippen molar-refractivity contribution < 1.29 is 9.13 Å². The fraction of sp³-hybridized carbons (Fsp3) is 0.524. The Morgan fingerprint density at radius 3 is 2.83 bits per heavy atom. The van der Waals surface area contributed by atoms with Crippen molar-refractivity contribution in [3.05, 3.63) is 54.5 Å². The summed E-state index contributed by atoms with van der Waals surface area (Å²) in [6.07, 6.45) is 4.99. The first-order valence-electron chi connectivity index (χ1n) is 8.77. The van der Waals surface area contributed by atoms with Crippen molar-refractivity contribution in [3.63, 3.8) is 0 Å². The molecule has 0 bridgehead atoms. The van der Waals surface area contributed by atoms with Crippen LogP contribution in [0.25, 0.3) is 0 Å². The average molecular weight is 331 g/mol. The predicted molar refractivity (Wildman–Crippen MR) is 98.8 cm³/mol. The number of hydrogen-bond donors (Lipinski definition) is 0. The lowest BCUT2D eigenvalue weighted by molar-refractivity contribution is 0.244. The van der Waals surface area contributed by atoms with E-state index >= 15 is 0 Å². The van der Waals surface area contributed by atoms with Crippen molar-refractivity contribution in [2.24, 2.45) is 5.92 Å². The number of ether oxygens (including phenoxy) is 1. The number of nitrogens with zero attached hydrogens (tertiary/aromatic N) is 1. The molecule has 0 aliphatic carbocycles. The van der Waals surface area contributed by atoms with E-state index in [1.807, 2.05) is 6.08 Å². The monoisotopic (exact) mass is 331 g/mol. The molecule has 1 unspecified atom stereocenters. The fourth-order valence-electron chi connectivity index (χ4n) is 3.10. The molecule has 24 heavy (non-hydrogen) atoms. The van der Waals surface area contributed by atoms with Gasteiger partial charge in [-0.05, 0) is 42.9 Å². The van der Waals surface area contributed by atoms with Gasteiger partial charge < -0.3 is 9.64 Å². The maximum atomic E-state index is 13.6. The molecule has 2 rings (SSSR count). The van der Waals surface area contributed by atoms with Gasteiger partial charge in [-0.3, -0.25) is 0 Å². The Balaban J connectivity index is 1.93. The minimum Gasteiger partial charge on any atom is -0.493 e. The number of benzene rings is 1. The average Bonchev–Trinajstić information content (AvgIpc) is 2.99. The van der Waals surface area contributed by atoms with Gasteiger partial charge in [-0.15, -0.1) is 6.58 Å². The van der Waals surface area contributed by atoms with E-state index in [1.165, 1.54) is 11.8 Å². The van der Waals surface area contributed by atoms with E-state index in [2.05, 4.69) is 38.8 Å². The van der Waals surface area contributed by atoms with E-state index in [0.717, 1.165) is 43.7 Å². The van der Waals surface area contributed by atoms with Gasteiger partial charge >= 0.3 is 0 Å². The molecule has 1 aromatic rings. The Morgan fingerprint density at radius 2 is 2.17 bits per heavy atom. The molecule has 1 heterocycles. The first-order valence-corrected chi connectivity index (χ1v) is 8.77. The van der Waals surface area contributed by atoms with E-state index in [9.17, 15) is 4.39 Å². The Hall–Kier alpha value is -1.77. The molecule has 2 nitrogen and oxygen atoms in total. The zero-order valence-electron chi connectivity index (χ0n) is 15.3.